The molecule has 0 bridgehead atoms. The zero-order chi connectivity index (χ0) is 31.8. The predicted octanol–water partition coefficient (Wildman–Crippen LogP) is 5.17. The number of nitrogens with zero attached hydrogens (tertiary/aromatic N) is 3. The molecule has 2 heterocycles. The van der Waals surface area contributed by atoms with E-state index in [2.05, 4.69) is 4.90 Å². The van der Waals surface area contributed by atoms with Crippen LogP contribution in [0.1, 0.15) is 44.2 Å². The molecule has 2 amide bonds. The average Bonchev–Trinajstić information content (AvgIpc) is 3.06. The van der Waals surface area contributed by atoms with Crippen LogP contribution < -0.4 is 14.4 Å². The summed E-state index contributed by atoms with van der Waals surface area (Å²) in [6, 6.07) is 25.3. The molecule has 3 aromatic carbocycles. The van der Waals surface area contributed by atoms with E-state index in [1.165, 1.54) is 4.90 Å². The Hall–Kier alpha value is -4.79. The number of allylic oxidation sites excluding steroid dienone is 1. The van der Waals surface area contributed by atoms with Gasteiger partial charge in [0.15, 0.2) is 0 Å². The van der Waals surface area contributed by atoms with Crippen molar-refractivity contribution in [2.75, 3.05) is 50.8 Å². The Labute approximate surface area is 265 Å². The number of esters is 1. The van der Waals surface area contributed by atoms with Crippen LogP contribution in [0.4, 0.5) is 5.69 Å². The molecule has 45 heavy (non-hydrogen) atoms. The molecule has 1 saturated heterocycles. The van der Waals surface area contributed by atoms with E-state index in [0.717, 1.165) is 22.6 Å². The predicted molar refractivity (Wildman–Crippen MR) is 172 cm³/mol. The minimum absolute atomic E-state index is 0.0605. The highest BCUT2D eigenvalue weighted by Crippen LogP contribution is 2.38. The van der Waals surface area contributed by atoms with Crippen LogP contribution in [0.5, 0.6) is 11.5 Å². The second-order valence-electron chi connectivity index (χ2n) is 11.1. The molecule has 0 N–H and O–H groups in total. The summed E-state index contributed by atoms with van der Waals surface area (Å²) in [6.45, 7) is 8.89. The number of para-hydroxylation sites is 2. The van der Waals surface area contributed by atoms with Gasteiger partial charge in [0.25, 0.3) is 0 Å². The summed E-state index contributed by atoms with van der Waals surface area (Å²) >= 11 is 0. The third-order valence-corrected chi connectivity index (χ3v) is 8.28. The van der Waals surface area contributed by atoms with E-state index in [9.17, 15) is 14.4 Å². The van der Waals surface area contributed by atoms with Crippen molar-refractivity contribution in [2.24, 2.45) is 0 Å². The molecular weight excluding hydrogens is 570 g/mol. The van der Waals surface area contributed by atoms with E-state index in [1.54, 1.807) is 18.7 Å². The summed E-state index contributed by atoms with van der Waals surface area (Å²) in [6.07, 6.45) is 0.0605. The molecule has 0 spiro atoms. The van der Waals surface area contributed by atoms with Crippen molar-refractivity contribution >= 4 is 23.5 Å². The van der Waals surface area contributed by atoms with Crippen molar-refractivity contribution in [3.8, 4) is 11.5 Å². The third-order valence-electron chi connectivity index (χ3n) is 8.28. The molecule has 0 aliphatic carbocycles. The first kappa shape index (κ1) is 31.6. The molecule has 1 atom stereocenters. The summed E-state index contributed by atoms with van der Waals surface area (Å²) in [5, 5.41) is 0. The van der Waals surface area contributed by atoms with Gasteiger partial charge >= 0.3 is 5.97 Å². The highest BCUT2D eigenvalue weighted by molar-refractivity contribution is 5.97. The van der Waals surface area contributed by atoms with Crippen molar-refractivity contribution < 1.29 is 28.6 Å². The Balaban J connectivity index is 1.27. The van der Waals surface area contributed by atoms with Crippen LogP contribution in [-0.2, 0) is 25.7 Å². The molecular formula is C36H41N3O6. The zero-order valence-electron chi connectivity index (χ0n) is 26.2. The Morgan fingerprint density at radius 2 is 1.51 bits per heavy atom. The minimum atomic E-state index is -0.486. The Morgan fingerprint density at radius 1 is 0.822 bits per heavy atom. The number of amides is 2. The van der Waals surface area contributed by atoms with Gasteiger partial charge in [-0.2, -0.15) is 0 Å². The number of hydrogen-bond acceptors (Lipinski definition) is 7. The van der Waals surface area contributed by atoms with Crippen molar-refractivity contribution in [3.63, 3.8) is 0 Å². The lowest BCUT2D eigenvalue weighted by atomic mass is 9.83. The van der Waals surface area contributed by atoms with E-state index in [1.807, 2.05) is 85.8 Å². The van der Waals surface area contributed by atoms with Crippen molar-refractivity contribution in [2.45, 2.75) is 39.7 Å². The van der Waals surface area contributed by atoms with Crippen LogP contribution in [0.25, 0.3) is 0 Å². The van der Waals surface area contributed by atoms with E-state index in [-0.39, 0.29) is 31.4 Å². The maximum absolute atomic E-state index is 13.5. The quantitative estimate of drug-likeness (QED) is 0.277. The fourth-order valence-electron chi connectivity index (χ4n) is 5.93. The fourth-order valence-corrected chi connectivity index (χ4v) is 5.93. The number of ether oxygens (including phenoxy) is 3. The van der Waals surface area contributed by atoms with Crippen LogP contribution in [-0.4, -0.2) is 73.5 Å². The van der Waals surface area contributed by atoms with E-state index >= 15 is 0 Å². The molecule has 0 radical (unpaired) electrons. The molecule has 2 aliphatic heterocycles. The molecule has 5 rings (SSSR count). The summed E-state index contributed by atoms with van der Waals surface area (Å²) < 4.78 is 17.1. The molecule has 0 aromatic heterocycles. The van der Waals surface area contributed by atoms with Gasteiger partial charge in [0, 0.05) is 44.2 Å². The number of carbonyl (C=O) groups excluding carboxylic acids is 3. The Bertz CT molecular complexity index is 1510. The Morgan fingerprint density at radius 3 is 2.20 bits per heavy atom. The highest BCUT2D eigenvalue weighted by atomic mass is 16.5. The van der Waals surface area contributed by atoms with Gasteiger partial charge in [-0.1, -0.05) is 54.6 Å². The molecule has 236 valence electrons. The largest absolute Gasteiger partial charge is 0.492 e. The lowest BCUT2D eigenvalue weighted by Crippen LogP contribution is -2.52. The standard InChI is InChI=1S/C36H41N3O6/c1-4-43-32-14-10-9-13-31(32)37-19-21-38(22-20-37)34(41)24-39-26(3)35(36(42)44-5-2)30(23-33(39)40)28-15-17-29(18-16-28)45-25-27-11-7-6-8-12-27/h6-18,30H,4-5,19-25H2,1-3H3. The first-order chi connectivity index (χ1) is 21.9. The highest BCUT2D eigenvalue weighted by Gasteiger charge is 2.38. The second kappa shape index (κ2) is 14.8. The number of benzene rings is 3. The van der Waals surface area contributed by atoms with Gasteiger partial charge in [0.2, 0.25) is 11.8 Å². The van der Waals surface area contributed by atoms with E-state index < -0.39 is 11.9 Å². The number of carbonyl (C=O) groups is 3. The summed E-state index contributed by atoms with van der Waals surface area (Å²) in [5.74, 6) is 0.206. The number of rotatable bonds is 11. The zero-order valence-corrected chi connectivity index (χ0v) is 26.2. The van der Waals surface area contributed by atoms with Crippen LogP contribution in [0, 0.1) is 0 Å². The van der Waals surface area contributed by atoms with Crippen molar-refractivity contribution in [3.05, 3.63) is 101 Å². The third kappa shape index (κ3) is 7.48. The van der Waals surface area contributed by atoms with Gasteiger partial charge in [-0.3, -0.25) is 9.59 Å². The molecule has 3 aromatic rings. The van der Waals surface area contributed by atoms with E-state index in [0.29, 0.717) is 56.4 Å². The first-order valence-electron chi connectivity index (χ1n) is 15.6. The normalized spacial score (nSPS) is 16.9. The van der Waals surface area contributed by atoms with Crippen LogP contribution >= 0.6 is 0 Å². The van der Waals surface area contributed by atoms with Gasteiger partial charge in [0.05, 0.1) is 24.5 Å². The monoisotopic (exact) mass is 611 g/mol. The molecule has 2 aliphatic rings. The van der Waals surface area contributed by atoms with Crippen LogP contribution in [0.15, 0.2) is 90.1 Å². The maximum Gasteiger partial charge on any atom is 0.336 e. The number of anilines is 1. The number of hydrogen-bond donors (Lipinski definition) is 0. The molecule has 9 nitrogen and oxygen atoms in total. The molecule has 1 unspecified atom stereocenters. The minimum Gasteiger partial charge on any atom is -0.492 e. The van der Waals surface area contributed by atoms with Crippen molar-refractivity contribution in [1.29, 1.82) is 0 Å². The smallest absolute Gasteiger partial charge is 0.336 e. The topological polar surface area (TPSA) is 88.6 Å². The fraction of sp³-hybridized carbons (Fsp3) is 0.361. The lowest BCUT2D eigenvalue weighted by Gasteiger charge is -2.39. The Kier molecular flexibility index (Phi) is 10.4. The molecule has 9 heteroatoms. The average molecular weight is 612 g/mol. The van der Waals surface area contributed by atoms with Crippen LogP contribution in [0.3, 0.4) is 0 Å². The number of piperazine rings is 1. The van der Waals surface area contributed by atoms with Gasteiger partial charge in [-0.05, 0) is 56.2 Å². The molecule has 1 fully saturated rings. The summed E-state index contributed by atoms with van der Waals surface area (Å²) in [7, 11) is 0. The summed E-state index contributed by atoms with van der Waals surface area (Å²) in [4.78, 5) is 45.7. The van der Waals surface area contributed by atoms with Crippen LogP contribution in [0.2, 0.25) is 0 Å². The van der Waals surface area contributed by atoms with Crippen molar-refractivity contribution in [1.82, 2.24) is 9.80 Å². The second-order valence-corrected chi connectivity index (χ2v) is 11.1. The lowest BCUT2D eigenvalue weighted by molar-refractivity contribution is -0.142. The van der Waals surface area contributed by atoms with Gasteiger partial charge in [0.1, 0.15) is 24.7 Å². The molecule has 0 saturated carbocycles. The first-order valence-corrected chi connectivity index (χ1v) is 15.6. The van der Waals surface area contributed by atoms with Gasteiger partial charge in [-0.25, -0.2) is 4.79 Å². The maximum atomic E-state index is 13.5. The van der Waals surface area contributed by atoms with Gasteiger partial charge < -0.3 is 28.9 Å². The SMILES string of the molecule is CCOC(=O)C1=C(C)N(CC(=O)N2CCN(c3ccccc3OCC)CC2)C(=O)CC1c1ccc(OCc2ccccc2)cc1. The van der Waals surface area contributed by atoms with E-state index in [4.69, 9.17) is 14.2 Å². The van der Waals surface area contributed by atoms with Gasteiger partial charge in [-0.15, -0.1) is 0 Å². The summed E-state index contributed by atoms with van der Waals surface area (Å²) in [5.41, 5.74) is 3.74.